The Labute approximate surface area is 107 Å². The lowest BCUT2D eigenvalue weighted by molar-refractivity contribution is 1.03. The van der Waals surface area contributed by atoms with Crippen LogP contribution in [0, 0.1) is 6.92 Å². The number of hydrogen-bond donors (Lipinski definition) is 1. The summed E-state index contributed by atoms with van der Waals surface area (Å²) in [7, 11) is 0. The van der Waals surface area contributed by atoms with Crippen molar-refractivity contribution in [3.05, 3.63) is 59.4 Å². The largest absolute Gasteiger partial charge is 0.383 e. The summed E-state index contributed by atoms with van der Waals surface area (Å²) in [5.41, 5.74) is 10.0. The van der Waals surface area contributed by atoms with E-state index in [0.717, 1.165) is 23.4 Å². The standard InChI is InChI=1S/C15H17N3/c1-3-14-13(5-4-10-17-14)15(16)18-12-8-6-11(2)7-9-12/h4-10H,3H2,1-2H3,(H2,16,18). The summed E-state index contributed by atoms with van der Waals surface area (Å²) in [5, 5.41) is 0. The maximum atomic E-state index is 6.05. The predicted molar refractivity (Wildman–Crippen MR) is 75.2 cm³/mol. The number of benzene rings is 1. The van der Waals surface area contributed by atoms with Crippen LogP contribution >= 0.6 is 0 Å². The highest BCUT2D eigenvalue weighted by molar-refractivity contribution is 5.99. The van der Waals surface area contributed by atoms with Gasteiger partial charge in [0, 0.05) is 11.8 Å². The van der Waals surface area contributed by atoms with Gasteiger partial charge in [0.1, 0.15) is 5.84 Å². The van der Waals surface area contributed by atoms with Gasteiger partial charge in [-0.2, -0.15) is 0 Å². The second-order valence-electron chi connectivity index (χ2n) is 4.18. The second kappa shape index (κ2) is 5.45. The zero-order valence-corrected chi connectivity index (χ0v) is 10.7. The summed E-state index contributed by atoms with van der Waals surface area (Å²) >= 11 is 0. The lowest BCUT2D eigenvalue weighted by Crippen LogP contribution is -2.15. The first-order chi connectivity index (χ1) is 8.70. The maximum absolute atomic E-state index is 6.05. The van der Waals surface area contributed by atoms with Crippen molar-refractivity contribution in [3.63, 3.8) is 0 Å². The molecule has 0 aliphatic carbocycles. The Kier molecular flexibility index (Phi) is 3.72. The Bertz CT molecular complexity index is 556. The molecule has 3 nitrogen and oxygen atoms in total. The Morgan fingerprint density at radius 1 is 1.22 bits per heavy atom. The van der Waals surface area contributed by atoms with Crippen molar-refractivity contribution in [1.29, 1.82) is 0 Å². The molecule has 0 saturated heterocycles. The average molecular weight is 239 g/mol. The van der Waals surface area contributed by atoms with E-state index in [1.54, 1.807) is 6.20 Å². The molecule has 3 heteroatoms. The smallest absolute Gasteiger partial charge is 0.133 e. The summed E-state index contributed by atoms with van der Waals surface area (Å²) < 4.78 is 0. The van der Waals surface area contributed by atoms with Crippen molar-refractivity contribution in [3.8, 4) is 0 Å². The number of aryl methyl sites for hydroxylation is 2. The zero-order chi connectivity index (χ0) is 13.0. The lowest BCUT2D eigenvalue weighted by atomic mass is 10.1. The molecule has 1 heterocycles. The van der Waals surface area contributed by atoms with Gasteiger partial charge in [-0.05, 0) is 37.6 Å². The molecule has 0 aliphatic rings. The number of nitrogens with two attached hydrogens (primary N) is 1. The van der Waals surface area contributed by atoms with Crippen molar-refractivity contribution in [1.82, 2.24) is 4.98 Å². The van der Waals surface area contributed by atoms with Crippen LogP contribution in [0.25, 0.3) is 0 Å². The van der Waals surface area contributed by atoms with Crippen molar-refractivity contribution in [2.45, 2.75) is 20.3 Å². The van der Waals surface area contributed by atoms with Crippen LogP contribution in [0.5, 0.6) is 0 Å². The first kappa shape index (κ1) is 12.3. The van der Waals surface area contributed by atoms with E-state index in [0.29, 0.717) is 5.84 Å². The van der Waals surface area contributed by atoms with E-state index in [-0.39, 0.29) is 0 Å². The highest BCUT2D eigenvalue weighted by Gasteiger charge is 2.05. The molecule has 2 N–H and O–H groups in total. The van der Waals surface area contributed by atoms with Gasteiger partial charge in [-0.15, -0.1) is 0 Å². The topological polar surface area (TPSA) is 51.3 Å². The van der Waals surface area contributed by atoms with E-state index in [9.17, 15) is 0 Å². The third-order valence-corrected chi connectivity index (χ3v) is 2.78. The molecule has 0 radical (unpaired) electrons. The number of amidine groups is 1. The molecule has 92 valence electrons. The Morgan fingerprint density at radius 3 is 2.61 bits per heavy atom. The highest BCUT2D eigenvalue weighted by atomic mass is 14.9. The van der Waals surface area contributed by atoms with E-state index in [2.05, 4.69) is 16.9 Å². The van der Waals surface area contributed by atoms with Crippen molar-refractivity contribution >= 4 is 11.5 Å². The molecular formula is C15H17N3. The lowest BCUT2D eigenvalue weighted by Gasteiger charge is -2.06. The molecule has 0 saturated carbocycles. The number of hydrogen-bond acceptors (Lipinski definition) is 2. The molecule has 0 bridgehead atoms. The SMILES string of the molecule is CCc1ncccc1C(N)=Nc1ccc(C)cc1. The average Bonchev–Trinajstić information content (AvgIpc) is 2.41. The molecule has 1 aromatic heterocycles. The molecule has 18 heavy (non-hydrogen) atoms. The fourth-order valence-electron chi connectivity index (χ4n) is 1.77. The molecule has 0 unspecified atom stereocenters. The van der Waals surface area contributed by atoms with Gasteiger partial charge in [-0.25, -0.2) is 4.99 Å². The Balaban J connectivity index is 2.35. The van der Waals surface area contributed by atoms with E-state index >= 15 is 0 Å². The number of aliphatic imine (C=N–C) groups is 1. The fraction of sp³-hybridized carbons (Fsp3) is 0.200. The normalized spacial score (nSPS) is 11.6. The van der Waals surface area contributed by atoms with Gasteiger partial charge in [0.2, 0.25) is 0 Å². The summed E-state index contributed by atoms with van der Waals surface area (Å²) in [6, 6.07) is 11.8. The Hall–Kier alpha value is -2.16. The van der Waals surface area contributed by atoms with Gasteiger partial charge in [0.25, 0.3) is 0 Å². The highest BCUT2D eigenvalue weighted by Crippen LogP contribution is 2.14. The van der Waals surface area contributed by atoms with E-state index in [1.807, 2.05) is 43.3 Å². The number of rotatable bonds is 3. The van der Waals surface area contributed by atoms with Crippen molar-refractivity contribution in [2.24, 2.45) is 10.7 Å². The van der Waals surface area contributed by atoms with Gasteiger partial charge < -0.3 is 5.73 Å². The van der Waals surface area contributed by atoms with Gasteiger partial charge >= 0.3 is 0 Å². The minimum atomic E-state index is 0.517. The van der Waals surface area contributed by atoms with Crippen LogP contribution in [0.2, 0.25) is 0 Å². The van der Waals surface area contributed by atoms with Gasteiger partial charge in [0.15, 0.2) is 0 Å². The van der Waals surface area contributed by atoms with Crippen LogP contribution in [0.15, 0.2) is 47.6 Å². The van der Waals surface area contributed by atoms with Crippen LogP contribution in [0.1, 0.15) is 23.7 Å². The monoisotopic (exact) mass is 239 g/mol. The molecule has 0 spiro atoms. The second-order valence-corrected chi connectivity index (χ2v) is 4.18. The minimum Gasteiger partial charge on any atom is -0.383 e. The van der Waals surface area contributed by atoms with Crippen LogP contribution < -0.4 is 5.73 Å². The first-order valence-electron chi connectivity index (χ1n) is 6.06. The predicted octanol–water partition coefficient (Wildman–Crippen LogP) is 2.99. The van der Waals surface area contributed by atoms with Gasteiger partial charge in [-0.3, -0.25) is 4.98 Å². The van der Waals surface area contributed by atoms with Gasteiger partial charge in [0.05, 0.1) is 11.4 Å². The molecule has 0 atom stereocenters. The molecule has 0 aliphatic heterocycles. The summed E-state index contributed by atoms with van der Waals surface area (Å²) in [6.45, 7) is 4.11. The van der Waals surface area contributed by atoms with Crippen LogP contribution in [-0.4, -0.2) is 10.8 Å². The maximum Gasteiger partial charge on any atom is 0.133 e. The van der Waals surface area contributed by atoms with E-state index < -0.39 is 0 Å². The summed E-state index contributed by atoms with van der Waals surface area (Å²) in [6.07, 6.45) is 2.63. The fourth-order valence-corrected chi connectivity index (χ4v) is 1.77. The quantitative estimate of drug-likeness (QED) is 0.661. The van der Waals surface area contributed by atoms with Crippen LogP contribution in [0.4, 0.5) is 5.69 Å². The third-order valence-electron chi connectivity index (χ3n) is 2.78. The zero-order valence-electron chi connectivity index (χ0n) is 10.7. The van der Waals surface area contributed by atoms with E-state index in [4.69, 9.17) is 5.73 Å². The Morgan fingerprint density at radius 2 is 1.94 bits per heavy atom. The molecule has 1 aromatic carbocycles. The minimum absolute atomic E-state index is 0.517. The molecule has 0 amide bonds. The number of nitrogens with zero attached hydrogens (tertiary/aromatic N) is 2. The number of pyridine rings is 1. The molecule has 0 fully saturated rings. The molecule has 2 rings (SSSR count). The third kappa shape index (κ3) is 2.74. The number of aromatic nitrogens is 1. The summed E-state index contributed by atoms with van der Waals surface area (Å²) in [4.78, 5) is 8.75. The van der Waals surface area contributed by atoms with Crippen molar-refractivity contribution < 1.29 is 0 Å². The molecular weight excluding hydrogens is 222 g/mol. The van der Waals surface area contributed by atoms with Gasteiger partial charge in [-0.1, -0.05) is 24.6 Å². The molecule has 2 aromatic rings. The van der Waals surface area contributed by atoms with E-state index in [1.165, 1.54) is 5.56 Å². The first-order valence-corrected chi connectivity index (χ1v) is 6.06. The van der Waals surface area contributed by atoms with Crippen LogP contribution in [0.3, 0.4) is 0 Å². The summed E-state index contributed by atoms with van der Waals surface area (Å²) in [5.74, 6) is 0.517. The van der Waals surface area contributed by atoms with Crippen molar-refractivity contribution in [2.75, 3.05) is 0 Å². The van der Waals surface area contributed by atoms with Crippen LogP contribution in [-0.2, 0) is 6.42 Å².